The molecule has 1 heterocycles. The lowest BCUT2D eigenvalue weighted by atomic mass is 9.99. The fourth-order valence-electron chi connectivity index (χ4n) is 2.88. The molecule has 0 bridgehead atoms. The maximum atomic E-state index is 4.49. The van der Waals surface area contributed by atoms with Gasteiger partial charge in [-0.25, -0.2) is 4.99 Å². The van der Waals surface area contributed by atoms with Crippen molar-refractivity contribution in [3.63, 3.8) is 0 Å². The maximum absolute atomic E-state index is 4.49. The highest BCUT2D eigenvalue weighted by Crippen LogP contribution is 2.33. The number of nitrogens with zero attached hydrogens (tertiary/aromatic N) is 2. The molecule has 0 saturated carbocycles. The first kappa shape index (κ1) is 19.0. The first-order chi connectivity index (χ1) is 11.5. The summed E-state index contributed by atoms with van der Waals surface area (Å²) < 4.78 is 0. The molecule has 0 N–H and O–H groups in total. The van der Waals surface area contributed by atoms with Gasteiger partial charge in [0.2, 0.25) is 0 Å². The van der Waals surface area contributed by atoms with Crippen LogP contribution in [0.3, 0.4) is 0 Å². The molecule has 1 aromatic carbocycles. The summed E-state index contributed by atoms with van der Waals surface area (Å²) >= 11 is 1.74. The summed E-state index contributed by atoms with van der Waals surface area (Å²) in [6.07, 6.45) is 6.14. The number of rotatable bonds is 6. The van der Waals surface area contributed by atoms with E-state index in [-0.39, 0.29) is 0 Å². The Kier molecular flexibility index (Phi) is 7.32. The van der Waals surface area contributed by atoms with Crippen LogP contribution in [0.1, 0.15) is 44.7 Å². The molecule has 0 atom stereocenters. The molecule has 1 aliphatic rings. The molecule has 0 amide bonds. The van der Waals surface area contributed by atoms with Gasteiger partial charge in [0.1, 0.15) is 0 Å². The summed E-state index contributed by atoms with van der Waals surface area (Å²) in [4.78, 5) is 8.35. The van der Waals surface area contributed by atoms with Gasteiger partial charge >= 0.3 is 0 Å². The molecule has 2 nitrogen and oxygen atoms in total. The SMILES string of the molecule is C=C/C=N\C(Sc1ccc(CN2CCC(C)CC2)cc1C)=C(C)C. The third kappa shape index (κ3) is 5.64. The van der Waals surface area contributed by atoms with Gasteiger partial charge in [-0.2, -0.15) is 0 Å². The van der Waals surface area contributed by atoms with E-state index < -0.39 is 0 Å². The Morgan fingerprint density at radius 2 is 2.04 bits per heavy atom. The minimum Gasteiger partial charge on any atom is -0.299 e. The molecule has 3 heteroatoms. The van der Waals surface area contributed by atoms with Gasteiger partial charge in [-0.15, -0.1) is 0 Å². The first-order valence-corrected chi connectivity index (χ1v) is 9.63. The van der Waals surface area contributed by atoms with Crippen LogP contribution in [0.2, 0.25) is 0 Å². The van der Waals surface area contributed by atoms with Crippen LogP contribution in [-0.2, 0) is 6.54 Å². The van der Waals surface area contributed by atoms with Crippen LogP contribution in [0.5, 0.6) is 0 Å². The van der Waals surface area contributed by atoms with Crippen molar-refractivity contribution in [3.05, 3.63) is 52.6 Å². The number of hydrogen-bond acceptors (Lipinski definition) is 3. The molecule has 130 valence electrons. The van der Waals surface area contributed by atoms with Crippen LogP contribution in [0.4, 0.5) is 0 Å². The summed E-state index contributed by atoms with van der Waals surface area (Å²) in [6.45, 7) is 16.0. The topological polar surface area (TPSA) is 15.6 Å². The maximum Gasteiger partial charge on any atom is 0.0993 e. The van der Waals surface area contributed by atoms with E-state index in [1.54, 1.807) is 24.1 Å². The van der Waals surface area contributed by atoms with E-state index in [2.05, 4.69) is 62.4 Å². The Morgan fingerprint density at radius 1 is 1.33 bits per heavy atom. The highest BCUT2D eigenvalue weighted by molar-refractivity contribution is 8.03. The zero-order valence-corrected chi connectivity index (χ0v) is 16.3. The van der Waals surface area contributed by atoms with Crippen LogP contribution >= 0.6 is 11.8 Å². The zero-order valence-electron chi connectivity index (χ0n) is 15.5. The second-order valence-corrected chi connectivity index (χ2v) is 8.01. The molecule has 0 spiro atoms. The fourth-order valence-corrected chi connectivity index (χ4v) is 3.77. The van der Waals surface area contributed by atoms with Crippen LogP contribution in [0, 0.1) is 12.8 Å². The first-order valence-electron chi connectivity index (χ1n) is 8.82. The number of benzene rings is 1. The van der Waals surface area contributed by atoms with Gasteiger partial charge in [-0.05, 0) is 75.4 Å². The van der Waals surface area contributed by atoms with Crippen molar-refractivity contribution in [1.29, 1.82) is 0 Å². The molecular formula is C21H30N2S. The molecular weight excluding hydrogens is 312 g/mol. The van der Waals surface area contributed by atoms with E-state index >= 15 is 0 Å². The van der Waals surface area contributed by atoms with E-state index in [9.17, 15) is 0 Å². The van der Waals surface area contributed by atoms with Crippen molar-refractivity contribution >= 4 is 18.0 Å². The van der Waals surface area contributed by atoms with E-state index in [0.29, 0.717) is 0 Å². The normalized spacial score (nSPS) is 16.5. The molecule has 0 aliphatic carbocycles. The summed E-state index contributed by atoms with van der Waals surface area (Å²) in [7, 11) is 0. The van der Waals surface area contributed by atoms with Crippen molar-refractivity contribution in [1.82, 2.24) is 4.90 Å². The van der Waals surface area contributed by atoms with Crippen molar-refractivity contribution in [2.75, 3.05) is 13.1 Å². The van der Waals surface area contributed by atoms with Gasteiger partial charge in [0.25, 0.3) is 0 Å². The Hall–Kier alpha value is -1.32. The average molecular weight is 343 g/mol. The zero-order chi connectivity index (χ0) is 17.5. The monoisotopic (exact) mass is 342 g/mol. The molecule has 0 unspecified atom stereocenters. The number of piperidine rings is 1. The minimum atomic E-state index is 0.889. The van der Waals surface area contributed by atoms with E-state index in [1.165, 1.54) is 47.5 Å². The second-order valence-electron chi connectivity index (χ2n) is 6.98. The van der Waals surface area contributed by atoms with E-state index in [4.69, 9.17) is 0 Å². The Bertz CT molecular complexity index is 619. The average Bonchev–Trinajstić information content (AvgIpc) is 2.55. The Balaban J connectivity index is 2.05. The number of likely N-dealkylation sites (tertiary alicyclic amines) is 1. The smallest absolute Gasteiger partial charge is 0.0993 e. The highest BCUT2D eigenvalue weighted by Gasteiger charge is 2.16. The lowest BCUT2D eigenvalue weighted by Crippen LogP contribution is -2.32. The Labute approximate surface area is 151 Å². The number of thioether (sulfide) groups is 1. The molecule has 1 saturated heterocycles. The van der Waals surface area contributed by atoms with Crippen LogP contribution in [0.25, 0.3) is 0 Å². The summed E-state index contributed by atoms with van der Waals surface area (Å²) in [5, 5.41) is 1.05. The largest absolute Gasteiger partial charge is 0.299 e. The molecule has 0 radical (unpaired) electrons. The van der Waals surface area contributed by atoms with Crippen molar-refractivity contribution in [2.45, 2.75) is 52.0 Å². The van der Waals surface area contributed by atoms with Gasteiger partial charge in [-0.3, -0.25) is 4.90 Å². The third-order valence-electron chi connectivity index (χ3n) is 4.45. The van der Waals surface area contributed by atoms with Crippen molar-refractivity contribution in [3.8, 4) is 0 Å². The van der Waals surface area contributed by atoms with Gasteiger partial charge in [0.15, 0.2) is 0 Å². The standard InChI is InChI=1S/C21H30N2S/c1-6-11-22-21(16(2)3)24-20-8-7-19(14-18(20)5)15-23-12-9-17(4)10-13-23/h6-8,11,14,17H,1,9-10,12-13,15H2,2-5H3/b22-11-. The number of aliphatic imine (C=N–C) groups is 1. The predicted octanol–water partition coefficient (Wildman–Crippen LogP) is 5.83. The van der Waals surface area contributed by atoms with Crippen LogP contribution < -0.4 is 0 Å². The number of allylic oxidation sites excluding steroid dienone is 2. The van der Waals surface area contributed by atoms with Crippen LogP contribution in [-0.4, -0.2) is 24.2 Å². The quantitative estimate of drug-likeness (QED) is 0.477. The van der Waals surface area contributed by atoms with Gasteiger partial charge in [0.05, 0.1) is 5.03 Å². The van der Waals surface area contributed by atoms with Gasteiger partial charge in [0, 0.05) is 17.7 Å². The van der Waals surface area contributed by atoms with Gasteiger partial charge < -0.3 is 0 Å². The summed E-state index contributed by atoms with van der Waals surface area (Å²) in [5.74, 6) is 0.889. The van der Waals surface area contributed by atoms with Crippen LogP contribution in [0.15, 0.2) is 51.3 Å². The molecule has 24 heavy (non-hydrogen) atoms. The van der Waals surface area contributed by atoms with Crippen molar-refractivity contribution in [2.24, 2.45) is 10.9 Å². The van der Waals surface area contributed by atoms with E-state index in [1.807, 2.05) is 0 Å². The molecule has 1 fully saturated rings. The molecule has 1 aliphatic heterocycles. The highest BCUT2D eigenvalue weighted by atomic mass is 32.2. The number of hydrogen-bond donors (Lipinski definition) is 0. The molecule has 2 rings (SSSR count). The van der Waals surface area contributed by atoms with Gasteiger partial charge in [-0.1, -0.05) is 43.5 Å². The molecule has 0 aromatic heterocycles. The lowest BCUT2D eigenvalue weighted by Gasteiger charge is -2.30. The van der Waals surface area contributed by atoms with Crippen molar-refractivity contribution < 1.29 is 0 Å². The minimum absolute atomic E-state index is 0.889. The molecule has 1 aromatic rings. The summed E-state index contributed by atoms with van der Waals surface area (Å²) in [5.41, 5.74) is 3.97. The second kappa shape index (κ2) is 9.24. The lowest BCUT2D eigenvalue weighted by molar-refractivity contribution is 0.185. The number of aryl methyl sites for hydroxylation is 1. The third-order valence-corrected chi connectivity index (χ3v) is 5.84. The van der Waals surface area contributed by atoms with E-state index in [0.717, 1.165) is 17.5 Å². The summed E-state index contributed by atoms with van der Waals surface area (Å²) in [6, 6.07) is 6.85. The predicted molar refractivity (Wildman–Crippen MR) is 108 cm³/mol. The Morgan fingerprint density at radius 3 is 2.62 bits per heavy atom. The fraction of sp³-hybridized carbons (Fsp3) is 0.476.